The fraction of sp³-hybridized carbons (Fsp3) is 0.562. The van der Waals surface area contributed by atoms with E-state index >= 15 is 0 Å². The third-order valence-corrected chi connectivity index (χ3v) is 5.74. The van der Waals surface area contributed by atoms with E-state index < -0.39 is 19.1 Å². The van der Waals surface area contributed by atoms with Gasteiger partial charge in [0.1, 0.15) is 14.5 Å². The van der Waals surface area contributed by atoms with E-state index in [0.29, 0.717) is 13.2 Å². The largest absolute Gasteiger partial charge is 0.459 e. The summed E-state index contributed by atoms with van der Waals surface area (Å²) in [6.45, 7) is 10.7. The van der Waals surface area contributed by atoms with Gasteiger partial charge in [0.05, 0.1) is 17.6 Å². The second kappa shape index (κ2) is 9.51. The molecule has 0 heterocycles. The third-order valence-electron chi connectivity index (χ3n) is 3.82. The Morgan fingerprint density at radius 2 is 2.00 bits per heavy atom. The molecule has 0 amide bonds. The van der Waals surface area contributed by atoms with Crippen molar-refractivity contribution in [2.75, 3.05) is 26.2 Å². The first kappa shape index (κ1) is 20.3. The normalized spacial score (nSPS) is 13.8. The quantitative estimate of drug-likeness (QED) is 0.262. The topological polar surface area (TPSA) is 81.9 Å². The van der Waals surface area contributed by atoms with E-state index in [9.17, 15) is 14.9 Å². The Bertz CT molecular complexity index is 551. The van der Waals surface area contributed by atoms with Crippen LogP contribution in [-0.2, 0) is 9.53 Å². The number of likely N-dealkylation sites (N-methyl/N-ethyl adjacent to an activating group) is 1. The first-order chi connectivity index (χ1) is 11.4. The van der Waals surface area contributed by atoms with E-state index in [0.717, 1.165) is 13.1 Å². The van der Waals surface area contributed by atoms with Crippen molar-refractivity contribution in [2.24, 2.45) is 0 Å². The molecule has 0 bridgehead atoms. The average Bonchev–Trinajstić information content (AvgIpc) is 2.57. The van der Waals surface area contributed by atoms with Crippen LogP contribution in [0.2, 0.25) is 13.1 Å². The summed E-state index contributed by atoms with van der Waals surface area (Å²) < 4.78 is 11.5. The monoisotopic (exact) mass is 353 g/mol. The predicted molar refractivity (Wildman–Crippen MR) is 94.8 cm³/mol. The highest BCUT2D eigenvalue weighted by Crippen LogP contribution is 2.25. The summed E-state index contributed by atoms with van der Waals surface area (Å²) in [5.74, 6) is 0.233. The minimum Gasteiger partial charge on any atom is -0.459 e. The SMILES string of the molecule is CCN(CC)CCOC([C]=O)(Oc1cccc([N+](=O)[O-])c1)[SiH](C)C. The van der Waals surface area contributed by atoms with Crippen LogP contribution in [0.1, 0.15) is 13.8 Å². The Hall–Kier alpha value is -1.77. The molecular weight excluding hydrogens is 328 g/mol. The van der Waals surface area contributed by atoms with Crippen molar-refractivity contribution in [1.82, 2.24) is 4.90 Å². The van der Waals surface area contributed by atoms with Crippen molar-refractivity contribution >= 4 is 20.8 Å². The van der Waals surface area contributed by atoms with Crippen LogP contribution in [0.4, 0.5) is 5.69 Å². The van der Waals surface area contributed by atoms with Crippen LogP contribution in [0, 0.1) is 10.1 Å². The minimum atomic E-state index is -1.77. The second-order valence-electron chi connectivity index (χ2n) is 5.66. The summed E-state index contributed by atoms with van der Waals surface area (Å²) in [6, 6.07) is 5.74. The lowest BCUT2D eigenvalue weighted by molar-refractivity contribution is -0.385. The summed E-state index contributed by atoms with van der Waals surface area (Å²) in [5, 5.41) is 10.9. The molecule has 0 aliphatic carbocycles. The zero-order valence-corrected chi connectivity index (χ0v) is 15.8. The van der Waals surface area contributed by atoms with Gasteiger partial charge in [-0.05, 0) is 19.2 Å². The van der Waals surface area contributed by atoms with Crippen LogP contribution in [0.25, 0.3) is 0 Å². The lowest BCUT2D eigenvalue weighted by atomic mass is 10.3. The van der Waals surface area contributed by atoms with Crippen molar-refractivity contribution < 1.29 is 19.2 Å². The van der Waals surface area contributed by atoms with E-state index in [1.54, 1.807) is 6.07 Å². The summed E-state index contributed by atoms with van der Waals surface area (Å²) in [6.07, 6.45) is 1.90. The number of nitrogens with zero attached hydrogens (tertiary/aromatic N) is 2. The summed E-state index contributed by atoms with van der Waals surface area (Å²) in [5.41, 5.74) is -1.55. The van der Waals surface area contributed by atoms with Gasteiger partial charge in [-0.15, -0.1) is 0 Å². The molecule has 1 atom stereocenters. The van der Waals surface area contributed by atoms with Gasteiger partial charge in [-0.25, -0.2) is 0 Å². The zero-order valence-electron chi connectivity index (χ0n) is 14.7. The highest BCUT2D eigenvalue weighted by molar-refractivity contribution is 6.62. The maximum atomic E-state index is 11.6. The molecule has 0 aliphatic rings. The van der Waals surface area contributed by atoms with Gasteiger partial charge in [0.25, 0.3) is 17.4 Å². The van der Waals surface area contributed by atoms with Crippen molar-refractivity contribution in [1.29, 1.82) is 0 Å². The molecule has 0 fully saturated rings. The van der Waals surface area contributed by atoms with Crippen LogP contribution in [0.15, 0.2) is 24.3 Å². The standard InChI is InChI=1S/C16H25N2O5Si/c1-5-17(6-2)10-11-22-16(13-19,24(3)4)23-15-9-7-8-14(12-15)18(20)21/h7-9,12,24H,5-6,10-11H2,1-4H3. The number of rotatable bonds is 11. The molecule has 0 saturated carbocycles. The molecule has 0 aliphatic heterocycles. The average molecular weight is 353 g/mol. The molecule has 1 aromatic carbocycles. The zero-order chi connectivity index (χ0) is 18.2. The molecule has 133 valence electrons. The van der Waals surface area contributed by atoms with Crippen molar-refractivity contribution in [2.45, 2.75) is 32.4 Å². The molecule has 0 aromatic heterocycles. The van der Waals surface area contributed by atoms with Gasteiger partial charge in [-0.3, -0.25) is 14.9 Å². The number of hydrogen-bond donors (Lipinski definition) is 0. The van der Waals surface area contributed by atoms with E-state index in [1.165, 1.54) is 18.2 Å². The number of benzene rings is 1. The first-order valence-electron chi connectivity index (χ1n) is 8.07. The van der Waals surface area contributed by atoms with Crippen molar-refractivity contribution in [3.63, 3.8) is 0 Å². The highest BCUT2D eigenvalue weighted by atomic mass is 28.3. The van der Waals surface area contributed by atoms with Crippen molar-refractivity contribution in [3.8, 4) is 5.75 Å². The smallest absolute Gasteiger partial charge is 0.273 e. The Balaban J connectivity index is 2.89. The molecule has 1 rings (SSSR count). The first-order valence-corrected chi connectivity index (χ1v) is 11.0. The van der Waals surface area contributed by atoms with Crippen molar-refractivity contribution in [3.05, 3.63) is 34.4 Å². The van der Waals surface area contributed by atoms with Crippen LogP contribution in [0.5, 0.6) is 5.75 Å². The van der Waals surface area contributed by atoms with Gasteiger partial charge in [0.2, 0.25) is 0 Å². The molecule has 1 unspecified atom stereocenters. The fourth-order valence-corrected chi connectivity index (χ4v) is 3.24. The summed E-state index contributed by atoms with van der Waals surface area (Å²) in [4.78, 5) is 24.2. The summed E-state index contributed by atoms with van der Waals surface area (Å²) in [7, 11) is -1.77. The number of carbonyl (C=O) groups excluding carboxylic acids is 1. The van der Waals surface area contributed by atoms with Gasteiger partial charge in [0.15, 0.2) is 0 Å². The van der Waals surface area contributed by atoms with Gasteiger partial charge < -0.3 is 14.4 Å². The van der Waals surface area contributed by atoms with E-state index in [-0.39, 0.29) is 11.4 Å². The molecule has 8 heteroatoms. The van der Waals surface area contributed by atoms with Crippen LogP contribution in [-0.4, -0.2) is 56.6 Å². The molecule has 7 nitrogen and oxygen atoms in total. The van der Waals surface area contributed by atoms with Gasteiger partial charge in [-0.1, -0.05) is 33.0 Å². The highest BCUT2D eigenvalue weighted by Gasteiger charge is 2.39. The van der Waals surface area contributed by atoms with Gasteiger partial charge >= 0.3 is 0 Å². The fourth-order valence-electron chi connectivity index (χ4n) is 2.18. The molecule has 0 spiro atoms. The number of nitro benzene ring substituents is 1. The van der Waals surface area contributed by atoms with E-state index in [2.05, 4.69) is 18.7 Å². The maximum absolute atomic E-state index is 11.6. The third kappa shape index (κ3) is 5.40. The number of ether oxygens (including phenoxy) is 2. The Kier molecular flexibility index (Phi) is 8.03. The van der Waals surface area contributed by atoms with Crippen LogP contribution < -0.4 is 4.74 Å². The second-order valence-corrected chi connectivity index (χ2v) is 8.73. The predicted octanol–water partition coefficient (Wildman–Crippen LogP) is 2.16. The van der Waals surface area contributed by atoms with E-state index in [4.69, 9.17) is 9.47 Å². The van der Waals surface area contributed by atoms with Gasteiger partial charge in [0, 0.05) is 12.6 Å². The Morgan fingerprint density at radius 1 is 1.33 bits per heavy atom. The molecule has 0 N–H and O–H groups in total. The molecule has 1 radical (unpaired) electrons. The lowest BCUT2D eigenvalue weighted by Gasteiger charge is -2.32. The minimum absolute atomic E-state index is 0.0964. The molecule has 1 aromatic rings. The molecule has 24 heavy (non-hydrogen) atoms. The Labute approximate surface area is 144 Å². The van der Waals surface area contributed by atoms with Crippen LogP contribution >= 0.6 is 0 Å². The van der Waals surface area contributed by atoms with Gasteiger partial charge in [-0.2, -0.15) is 0 Å². The summed E-state index contributed by atoms with van der Waals surface area (Å²) >= 11 is 0. The number of nitro groups is 1. The lowest BCUT2D eigenvalue weighted by Crippen LogP contribution is -2.53. The van der Waals surface area contributed by atoms with E-state index in [1.807, 2.05) is 19.4 Å². The Morgan fingerprint density at radius 3 is 2.50 bits per heavy atom. The molecule has 0 saturated heterocycles. The van der Waals surface area contributed by atoms with Crippen LogP contribution in [0.3, 0.4) is 0 Å². The maximum Gasteiger partial charge on any atom is 0.273 e. The number of non-ortho nitro benzene ring substituents is 1. The molecular formula is C16H25N2O5Si. The number of hydrogen-bond acceptors (Lipinski definition) is 6.